The molecular weight excluding hydrogens is 370 g/mol. The largest absolute Gasteiger partial charge is 0.384 e. The standard InChI is InChI=1S/C11H15Br2NO2S/c1-2-17(15,16)7-3-6-14-11-5-4-9(12)8-10(11)13/h4-5,8,14H,2-3,6-7H2,1H3. The summed E-state index contributed by atoms with van der Waals surface area (Å²) in [6.45, 7) is 2.33. The molecule has 1 aromatic rings. The molecule has 0 saturated carbocycles. The summed E-state index contributed by atoms with van der Waals surface area (Å²) in [5.74, 6) is 0.458. The molecule has 3 nitrogen and oxygen atoms in total. The Bertz CT molecular complexity index is 474. The van der Waals surface area contributed by atoms with E-state index in [0.29, 0.717) is 13.0 Å². The third kappa shape index (κ3) is 5.40. The zero-order valence-corrected chi connectivity index (χ0v) is 13.5. The van der Waals surface area contributed by atoms with E-state index in [1.807, 2.05) is 18.2 Å². The van der Waals surface area contributed by atoms with E-state index in [4.69, 9.17) is 0 Å². The van der Waals surface area contributed by atoms with Crippen molar-refractivity contribution in [2.24, 2.45) is 0 Å². The molecule has 0 bridgehead atoms. The highest BCUT2D eigenvalue weighted by molar-refractivity contribution is 9.11. The molecule has 1 aromatic carbocycles. The zero-order valence-electron chi connectivity index (χ0n) is 9.54. The number of hydrogen-bond donors (Lipinski definition) is 1. The lowest BCUT2D eigenvalue weighted by Gasteiger charge is -2.08. The second-order valence-corrected chi connectivity index (χ2v) is 7.88. The van der Waals surface area contributed by atoms with Gasteiger partial charge in [0.25, 0.3) is 0 Å². The van der Waals surface area contributed by atoms with E-state index in [-0.39, 0.29) is 11.5 Å². The van der Waals surface area contributed by atoms with Crippen molar-refractivity contribution in [1.82, 2.24) is 0 Å². The van der Waals surface area contributed by atoms with Gasteiger partial charge in [-0.15, -0.1) is 0 Å². The van der Waals surface area contributed by atoms with E-state index in [1.54, 1.807) is 6.92 Å². The zero-order chi connectivity index (χ0) is 12.9. The van der Waals surface area contributed by atoms with E-state index in [0.717, 1.165) is 14.6 Å². The van der Waals surface area contributed by atoms with Gasteiger partial charge in [-0.1, -0.05) is 22.9 Å². The molecule has 0 aliphatic heterocycles. The topological polar surface area (TPSA) is 46.2 Å². The molecule has 0 fully saturated rings. The Labute approximate surface area is 119 Å². The number of nitrogens with one attached hydrogen (secondary N) is 1. The molecule has 0 radical (unpaired) electrons. The van der Waals surface area contributed by atoms with Crippen LogP contribution in [0.2, 0.25) is 0 Å². The summed E-state index contributed by atoms with van der Waals surface area (Å²) in [5.41, 5.74) is 0.974. The number of rotatable bonds is 6. The van der Waals surface area contributed by atoms with Crippen molar-refractivity contribution >= 4 is 47.4 Å². The fourth-order valence-electron chi connectivity index (χ4n) is 1.29. The first-order chi connectivity index (χ1) is 7.94. The van der Waals surface area contributed by atoms with Crippen molar-refractivity contribution in [1.29, 1.82) is 0 Å². The molecule has 0 aliphatic rings. The number of anilines is 1. The summed E-state index contributed by atoms with van der Waals surface area (Å²) in [6, 6.07) is 5.84. The first-order valence-electron chi connectivity index (χ1n) is 5.34. The normalized spacial score (nSPS) is 11.5. The minimum atomic E-state index is -2.85. The van der Waals surface area contributed by atoms with Gasteiger partial charge < -0.3 is 5.32 Å². The molecule has 1 rings (SSSR count). The van der Waals surface area contributed by atoms with Gasteiger partial charge in [-0.05, 0) is 40.5 Å². The van der Waals surface area contributed by atoms with Gasteiger partial charge in [0.15, 0.2) is 0 Å². The predicted molar refractivity (Wildman–Crippen MR) is 79.3 cm³/mol. The molecule has 0 heterocycles. The first-order valence-corrected chi connectivity index (χ1v) is 8.74. The monoisotopic (exact) mass is 383 g/mol. The van der Waals surface area contributed by atoms with E-state index in [1.165, 1.54) is 0 Å². The fourth-order valence-corrected chi connectivity index (χ4v) is 3.35. The van der Waals surface area contributed by atoms with Crippen molar-refractivity contribution < 1.29 is 8.42 Å². The Morgan fingerprint density at radius 2 is 2.00 bits per heavy atom. The maximum Gasteiger partial charge on any atom is 0.150 e. The van der Waals surface area contributed by atoms with Gasteiger partial charge in [-0.2, -0.15) is 0 Å². The average Bonchev–Trinajstić information content (AvgIpc) is 2.27. The molecule has 1 N–H and O–H groups in total. The van der Waals surface area contributed by atoms with Crippen LogP contribution in [0.15, 0.2) is 27.1 Å². The van der Waals surface area contributed by atoms with E-state index >= 15 is 0 Å². The summed E-state index contributed by atoms with van der Waals surface area (Å²) in [6.07, 6.45) is 0.624. The number of halogens is 2. The van der Waals surface area contributed by atoms with Gasteiger partial charge >= 0.3 is 0 Å². The SMILES string of the molecule is CCS(=O)(=O)CCCNc1ccc(Br)cc1Br. The fraction of sp³-hybridized carbons (Fsp3) is 0.455. The Kier molecular flexibility index (Phi) is 5.95. The molecule has 0 amide bonds. The third-order valence-electron chi connectivity index (χ3n) is 2.32. The van der Waals surface area contributed by atoms with Crippen LogP contribution in [-0.4, -0.2) is 26.5 Å². The Balaban J connectivity index is 2.41. The molecule has 0 aromatic heterocycles. The highest BCUT2D eigenvalue weighted by Crippen LogP contribution is 2.25. The third-order valence-corrected chi connectivity index (χ3v) is 5.26. The molecule has 6 heteroatoms. The van der Waals surface area contributed by atoms with Gasteiger partial charge in [0.05, 0.1) is 5.75 Å². The van der Waals surface area contributed by atoms with Crippen LogP contribution in [0.25, 0.3) is 0 Å². The van der Waals surface area contributed by atoms with Gasteiger partial charge in [0.2, 0.25) is 0 Å². The van der Waals surface area contributed by atoms with Gasteiger partial charge in [0, 0.05) is 26.9 Å². The van der Waals surface area contributed by atoms with E-state index < -0.39 is 9.84 Å². The lowest BCUT2D eigenvalue weighted by atomic mass is 10.3. The number of hydrogen-bond acceptors (Lipinski definition) is 3. The van der Waals surface area contributed by atoms with Crippen LogP contribution in [0.3, 0.4) is 0 Å². The molecule has 17 heavy (non-hydrogen) atoms. The van der Waals surface area contributed by atoms with Crippen molar-refractivity contribution in [2.45, 2.75) is 13.3 Å². The average molecular weight is 385 g/mol. The highest BCUT2D eigenvalue weighted by atomic mass is 79.9. The summed E-state index contributed by atoms with van der Waals surface area (Å²) in [5, 5.41) is 3.20. The predicted octanol–water partition coefficient (Wildman–Crippen LogP) is 3.45. The maximum atomic E-state index is 11.3. The van der Waals surface area contributed by atoms with Gasteiger partial charge in [-0.3, -0.25) is 0 Å². The van der Waals surface area contributed by atoms with Crippen LogP contribution in [0.4, 0.5) is 5.69 Å². The lowest BCUT2D eigenvalue weighted by molar-refractivity contribution is 0.595. The van der Waals surface area contributed by atoms with Crippen molar-refractivity contribution in [3.8, 4) is 0 Å². The molecule has 0 unspecified atom stereocenters. The smallest absolute Gasteiger partial charge is 0.150 e. The Hall–Kier alpha value is -0.0700. The van der Waals surface area contributed by atoms with Crippen molar-refractivity contribution in [2.75, 3.05) is 23.4 Å². The molecule has 96 valence electrons. The summed E-state index contributed by atoms with van der Waals surface area (Å²) in [7, 11) is -2.85. The minimum absolute atomic E-state index is 0.217. The maximum absolute atomic E-state index is 11.3. The quantitative estimate of drug-likeness (QED) is 0.764. The minimum Gasteiger partial charge on any atom is -0.384 e. The second kappa shape index (κ2) is 6.75. The Morgan fingerprint density at radius 3 is 2.59 bits per heavy atom. The van der Waals surface area contributed by atoms with Gasteiger partial charge in [0.1, 0.15) is 9.84 Å². The highest BCUT2D eigenvalue weighted by Gasteiger charge is 2.06. The molecule has 0 atom stereocenters. The lowest BCUT2D eigenvalue weighted by Crippen LogP contribution is -2.13. The van der Waals surface area contributed by atoms with Crippen LogP contribution in [0, 0.1) is 0 Å². The Morgan fingerprint density at radius 1 is 1.29 bits per heavy atom. The van der Waals surface area contributed by atoms with Crippen LogP contribution < -0.4 is 5.32 Å². The summed E-state index contributed by atoms with van der Waals surface area (Å²) >= 11 is 6.82. The molecule has 0 spiro atoms. The van der Waals surface area contributed by atoms with E-state index in [2.05, 4.69) is 37.2 Å². The van der Waals surface area contributed by atoms with E-state index in [9.17, 15) is 8.42 Å². The molecule has 0 saturated heterocycles. The molecule has 0 aliphatic carbocycles. The van der Waals surface area contributed by atoms with Crippen LogP contribution in [-0.2, 0) is 9.84 Å². The van der Waals surface area contributed by atoms with Crippen molar-refractivity contribution in [3.05, 3.63) is 27.1 Å². The molecular formula is C11H15Br2NO2S. The van der Waals surface area contributed by atoms with Crippen LogP contribution >= 0.6 is 31.9 Å². The number of benzene rings is 1. The first kappa shape index (κ1) is 15.0. The number of sulfone groups is 1. The summed E-state index contributed by atoms with van der Waals surface area (Å²) < 4.78 is 24.5. The van der Waals surface area contributed by atoms with Crippen LogP contribution in [0.1, 0.15) is 13.3 Å². The van der Waals surface area contributed by atoms with Crippen LogP contribution in [0.5, 0.6) is 0 Å². The second-order valence-electron chi connectivity index (χ2n) is 3.64. The summed E-state index contributed by atoms with van der Waals surface area (Å²) in [4.78, 5) is 0. The van der Waals surface area contributed by atoms with Gasteiger partial charge in [-0.25, -0.2) is 8.42 Å². The van der Waals surface area contributed by atoms with Crippen molar-refractivity contribution in [3.63, 3.8) is 0 Å².